The second-order valence-electron chi connectivity index (χ2n) is 4.41. The number of sulfonamides is 1. The molecule has 0 spiro atoms. The van der Waals surface area contributed by atoms with Crippen LogP contribution < -0.4 is 10.5 Å². The SMILES string of the molecule is Nc1cc(F)c(Br)cc1S(=O)(=O)NC1CC=CCC1. The molecule has 3 N–H and O–H groups in total. The first kappa shape index (κ1) is 14.5. The summed E-state index contributed by atoms with van der Waals surface area (Å²) in [6.45, 7) is 0. The average Bonchev–Trinajstić information content (AvgIpc) is 2.34. The number of rotatable bonds is 3. The third-order valence-corrected chi connectivity index (χ3v) is 5.12. The molecular weight excluding hydrogens is 335 g/mol. The van der Waals surface area contributed by atoms with E-state index in [1.54, 1.807) is 0 Å². The van der Waals surface area contributed by atoms with Gasteiger partial charge in [0.15, 0.2) is 0 Å². The predicted molar refractivity (Wildman–Crippen MR) is 75.6 cm³/mol. The van der Waals surface area contributed by atoms with Crippen molar-refractivity contribution in [3.8, 4) is 0 Å². The van der Waals surface area contributed by atoms with Crippen LogP contribution in [0.4, 0.5) is 10.1 Å². The van der Waals surface area contributed by atoms with Gasteiger partial charge < -0.3 is 5.73 Å². The highest BCUT2D eigenvalue weighted by Gasteiger charge is 2.23. The maximum Gasteiger partial charge on any atom is 0.242 e. The standard InChI is InChI=1S/C12H14BrFN2O2S/c13-9-6-12(11(15)7-10(9)14)19(17,18)16-8-4-2-1-3-5-8/h1-2,6-8,16H,3-5,15H2. The van der Waals surface area contributed by atoms with Crippen molar-refractivity contribution in [3.63, 3.8) is 0 Å². The Morgan fingerprint density at radius 1 is 1.37 bits per heavy atom. The topological polar surface area (TPSA) is 72.2 Å². The van der Waals surface area contributed by atoms with Crippen LogP contribution in [0.5, 0.6) is 0 Å². The molecule has 0 heterocycles. The Labute approximate surface area is 120 Å². The van der Waals surface area contributed by atoms with E-state index in [1.807, 2.05) is 12.2 Å². The van der Waals surface area contributed by atoms with Crippen molar-refractivity contribution >= 4 is 31.6 Å². The van der Waals surface area contributed by atoms with Gasteiger partial charge in [-0.1, -0.05) is 12.2 Å². The van der Waals surface area contributed by atoms with E-state index >= 15 is 0 Å². The molecule has 104 valence electrons. The van der Waals surface area contributed by atoms with E-state index in [2.05, 4.69) is 20.7 Å². The molecule has 7 heteroatoms. The quantitative estimate of drug-likeness (QED) is 0.651. The molecule has 1 aliphatic carbocycles. The highest BCUT2D eigenvalue weighted by Crippen LogP contribution is 2.26. The summed E-state index contributed by atoms with van der Waals surface area (Å²) in [7, 11) is -3.74. The van der Waals surface area contributed by atoms with Crippen LogP contribution in [0.3, 0.4) is 0 Å². The van der Waals surface area contributed by atoms with Gasteiger partial charge in [0, 0.05) is 6.04 Å². The predicted octanol–water partition coefficient (Wildman–Crippen LogP) is 2.56. The molecule has 0 amide bonds. The Morgan fingerprint density at radius 2 is 2.11 bits per heavy atom. The molecule has 0 saturated carbocycles. The zero-order chi connectivity index (χ0) is 14.0. The van der Waals surface area contributed by atoms with Gasteiger partial charge in [-0.15, -0.1) is 0 Å². The van der Waals surface area contributed by atoms with Crippen molar-refractivity contribution in [1.82, 2.24) is 4.72 Å². The van der Waals surface area contributed by atoms with Crippen molar-refractivity contribution in [1.29, 1.82) is 0 Å². The highest BCUT2D eigenvalue weighted by molar-refractivity contribution is 9.10. The number of halogens is 2. The summed E-state index contributed by atoms with van der Waals surface area (Å²) in [4.78, 5) is -0.102. The Kier molecular flexibility index (Phi) is 4.27. The van der Waals surface area contributed by atoms with Crippen LogP contribution in [-0.4, -0.2) is 14.5 Å². The van der Waals surface area contributed by atoms with Crippen LogP contribution in [0, 0.1) is 5.82 Å². The number of benzene rings is 1. The molecule has 4 nitrogen and oxygen atoms in total. The first-order valence-electron chi connectivity index (χ1n) is 5.82. The fourth-order valence-electron chi connectivity index (χ4n) is 1.96. The molecule has 1 aromatic carbocycles. The van der Waals surface area contributed by atoms with Gasteiger partial charge in [0.25, 0.3) is 0 Å². The van der Waals surface area contributed by atoms with E-state index in [-0.39, 0.29) is 21.1 Å². The minimum atomic E-state index is -3.74. The molecule has 1 aromatic rings. The smallest absolute Gasteiger partial charge is 0.242 e. The Balaban J connectivity index is 2.29. The maximum absolute atomic E-state index is 13.3. The monoisotopic (exact) mass is 348 g/mol. The average molecular weight is 349 g/mol. The molecule has 0 bridgehead atoms. The number of anilines is 1. The van der Waals surface area contributed by atoms with Crippen molar-refractivity contribution < 1.29 is 12.8 Å². The van der Waals surface area contributed by atoms with Crippen LogP contribution in [0.25, 0.3) is 0 Å². The van der Waals surface area contributed by atoms with E-state index < -0.39 is 15.8 Å². The van der Waals surface area contributed by atoms with Crippen molar-refractivity contribution in [2.75, 3.05) is 5.73 Å². The van der Waals surface area contributed by atoms with Crippen molar-refractivity contribution in [3.05, 3.63) is 34.6 Å². The molecule has 0 saturated heterocycles. The number of hydrogen-bond donors (Lipinski definition) is 2. The van der Waals surface area contributed by atoms with Crippen molar-refractivity contribution in [2.45, 2.75) is 30.2 Å². The zero-order valence-corrected chi connectivity index (χ0v) is 12.5. The summed E-state index contributed by atoms with van der Waals surface area (Å²) in [6.07, 6.45) is 6.21. The summed E-state index contributed by atoms with van der Waals surface area (Å²) in [5.41, 5.74) is 5.49. The number of nitrogen functional groups attached to an aromatic ring is 1. The van der Waals surface area contributed by atoms with Gasteiger partial charge in [0.05, 0.1) is 10.2 Å². The Hall–Kier alpha value is -0.920. The fraction of sp³-hybridized carbons (Fsp3) is 0.333. The van der Waals surface area contributed by atoms with Gasteiger partial charge in [0.2, 0.25) is 10.0 Å². The minimum absolute atomic E-state index is 0.0746. The molecule has 1 unspecified atom stereocenters. The summed E-state index contributed by atoms with van der Waals surface area (Å²) < 4.78 is 40.4. The van der Waals surface area contributed by atoms with Gasteiger partial charge >= 0.3 is 0 Å². The lowest BCUT2D eigenvalue weighted by atomic mass is 10.0. The Morgan fingerprint density at radius 3 is 2.74 bits per heavy atom. The van der Waals surface area contributed by atoms with E-state index in [0.29, 0.717) is 6.42 Å². The van der Waals surface area contributed by atoms with Crippen LogP contribution in [0.2, 0.25) is 0 Å². The summed E-state index contributed by atoms with van der Waals surface area (Å²) in [6, 6.07) is 2.05. The summed E-state index contributed by atoms with van der Waals surface area (Å²) >= 11 is 2.96. The highest BCUT2D eigenvalue weighted by atomic mass is 79.9. The van der Waals surface area contributed by atoms with Crippen molar-refractivity contribution in [2.24, 2.45) is 0 Å². The van der Waals surface area contributed by atoms with Crippen LogP contribution in [0.15, 0.2) is 33.7 Å². The van der Waals surface area contributed by atoms with E-state index in [0.717, 1.165) is 18.9 Å². The lowest BCUT2D eigenvalue weighted by molar-refractivity contribution is 0.522. The van der Waals surface area contributed by atoms with E-state index in [4.69, 9.17) is 5.73 Å². The van der Waals surface area contributed by atoms with E-state index in [9.17, 15) is 12.8 Å². The number of nitrogens with one attached hydrogen (secondary N) is 1. The largest absolute Gasteiger partial charge is 0.398 e. The molecule has 19 heavy (non-hydrogen) atoms. The third-order valence-electron chi connectivity index (χ3n) is 2.93. The lowest BCUT2D eigenvalue weighted by Crippen LogP contribution is -2.35. The third kappa shape index (κ3) is 3.34. The lowest BCUT2D eigenvalue weighted by Gasteiger charge is -2.20. The number of nitrogens with two attached hydrogens (primary N) is 1. The normalized spacial score (nSPS) is 19.6. The minimum Gasteiger partial charge on any atom is -0.398 e. The molecule has 0 fully saturated rings. The van der Waals surface area contributed by atoms with Gasteiger partial charge in [-0.05, 0) is 47.3 Å². The second kappa shape index (κ2) is 5.60. The molecule has 0 aliphatic heterocycles. The first-order chi connectivity index (χ1) is 8.90. The van der Waals surface area contributed by atoms with Gasteiger partial charge in [0.1, 0.15) is 10.7 Å². The number of allylic oxidation sites excluding steroid dienone is 1. The molecule has 2 rings (SSSR count). The first-order valence-corrected chi connectivity index (χ1v) is 8.09. The van der Waals surface area contributed by atoms with Gasteiger partial charge in [-0.3, -0.25) is 0 Å². The molecule has 1 atom stereocenters. The zero-order valence-electron chi connectivity index (χ0n) is 10.1. The second-order valence-corrected chi connectivity index (χ2v) is 6.94. The van der Waals surface area contributed by atoms with Crippen LogP contribution in [0.1, 0.15) is 19.3 Å². The van der Waals surface area contributed by atoms with Gasteiger partial charge in [-0.25, -0.2) is 17.5 Å². The van der Waals surface area contributed by atoms with Crippen LogP contribution >= 0.6 is 15.9 Å². The maximum atomic E-state index is 13.3. The molecule has 1 aliphatic rings. The molecule has 0 aromatic heterocycles. The van der Waals surface area contributed by atoms with E-state index in [1.165, 1.54) is 6.07 Å². The Bertz CT molecular complexity index is 616. The summed E-state index contributed by atoms with van der Waals surface area (Å²) in [5.74, 6) is -0.586. The summed E-state index contributed by atoms with van der Waals surface area (Å²) in [5, 5.41) is 0. The van der Waals surface area contributed by atoms with Gasteiger partial charge in [-0.2, -0.15) is 0 Å². The fourth-order valence-corrected chi connectivity index (χ4v) is 3.88. The number of hydrogen-bond acceptors (Lipinski definition) is 3. The van der Waals surface area contributed by atoms with Crippen LogP contribution in [-0.2, 0) is 10.0 Å². The molecule has 0 radical (unpaired) electrons. The molecular formula is C12H14BrFN2O2S.